The fourth-order valence-corrected chi connectivity index (χ4v) is 4.54. The van der Waals surface area contributed by atoms with E-state index in [1.54, 1.807) is 31.2 Å². The van der Waals surface area contributed by atoms with Gasteiger partial charge in [0, 0.05) is 17.5 Å². The van der Waals surface area contributed by atoms with Gasteiger partial charge >= 0.3 is 11.9 Å². The molecule has 158 valence electrons. The summed E-state index contributed by atoms with van der Waals surface area (Å²) in [5.74, 6) is -2.49. The number of carboxylic acid groups (broad SMARTS) is 1. The van der Waals surface area contributed by atoms with Gasteiger partial charge < -0.3 is 20.9 Å². The molecule has 2 aliphatic rings. The fourth-order valence-electron chi connectivity index (χ4n) is 3.22. The molecule has 0 saturated carbocycles. The van der Waals surface area contributed by atoms with Crippen LogP contribution in [0.4, 0.5) is 5.69 Å². The number of β-lactam (4-membered cyclic amide) rings is 1. The molecule has 3 rings (SSSR count). The maximum Gasteiger partial charge on any atom is 0.352 e. The lowest BCUT2D eigenvalue weighted by Crippen LogP contribution is -2.70. The molecule has 9 nitrogen and oxygen atoms in total. The first-order valence-corrected chi connectivity index (χ1v) is 10.3. The number of nitrogens with one attached hydrogen (secondary N) is 1. The van der Waals surface area contributed by atoms with Crippen LogP contribution in [0.1, 0.15) is 12.5 Å². The van der Waals surface area contributed by atoms with E-state index in [0.29, 0.717) is 16.8 Å². The first-order chi connectivity index (χ1) is 14.3. The number of fused-ring (bicyclic) bond motifs is 1. The van der Waals surface area contributed by atoms with Crippen molar-refractivity contribution >= 4 is 41.2 Å². The second-order valence-electron chi connectivity index (χ2n) is 6.59. The van der Waals surface area contributed by atoms with Crippen molar-refractivity contribution in [1.82, 2.24) is 10.2 Å². The van der Waals surface area contributed by atoms with Crippen LogP contribution >= 0.6 is 11.8 Å². The number of thioether (sulfide) groups is 1. The Labute approximate surface area is 176 Å². The number of carboxylic acids is 1. The SMILES string of the molecule is CCOC(=O)/C=C/C1=C(C(=O)O)N2C(=O)[C@@H](NC(=O)Cc3ccccc3N)[C@H]2SC1. The summed E-state index contributed by atoms with van der Waals surface area (Å²) in [5.41, 5.74) is 7.11. The van der Waals surface area contributed by atoms with Gasteiger partial charge in [0.25, 0.3) is 5.91 Å². The highest BCUT2D eigenvalue weighted by molar-refractivity contribution is 8.00. The van der Waals surface area contributed by atoms with Crippen LogP contribution in [-0.4, -0.2) is 57.5 Å². The topological polar surface area (TPSA) is 139 Å². The Morgan fingerprint density at radius 1 is 1.37 bits per heavy atom. The summed E-state index contributed by atoms with van der Waals surface area (Å²) in [4.78, 5) is 49.4. The molecule has 1 fully saturated rings. The van der Waals surface area contributed by atoms with Gasteiger partial charge in [-0.1, -0.05) is 18.2 Å². The second-order valence-corrected chi connectivity index (χ2v) is 7.70. The van der Waals surface area contributed by atoms with Gasteiger partial charge in [-0.05, 0) is 30.2 Å². The van der Waals surface area contributed by atoms with E-state index < -0.39 is 29.3 Å². The van der Waals surface area contributed by atoms with Crippen molar-refractivity contribution in [2.75, 3.05) is 18.1 Å². The number of esters is 1. The number of ether oxygens (including phenoxy) is 1. The molecular weight excluding hydrogens is 410 g/mol. The Balaban J connectivity index is 1.71. The van der Waals surface area contributed by atoms with E-state index in [4.69, 9.17) is 10.5 Å². The molecule has 0 spiro atoms. The minimum atomic E-state index is -1.28. The molecule has 0 radical (unpaired) electrons. The number of hydrogen-bond donors (Lipinski definition) is 3. The zero-order valence-electron chi connectivity index (χ0n) is 16.2. The predicted molar refractivity (Wildman–Crippen MR) is 110 cm³/mol. The number of para-hydroxylation sites is 1. The molecule has 0 unspecified atom stereocenters. The van der Waals surface area contributed by atoms with E-state index in [-0.39, 0.29) is 30.4 Å². The molecule has 0 aliphatic carbocycles. The molecule has 2 amide bonds. The predicted octanol–water partition coefficient (Wildman–Crippen LogP) is 0.669. The lowest BCUT2D eigenvalue weighted by Gasteiger charge is -2.49. The molecule has 0 bridgehead atoms. The van der Waals surface area contributed by atoms with Gasteiger partial charge in [-0.2, -0.15) is 0 Å². The first kappa shape index (κ1) is 21.4. The minimum Gasteiger partial charge on any atom is -0.477 e. The lowest BCUT2D eigenvalue weighted by atomic mass is 10.0. The van der Waals surface area contributed by atoms with Crippen molar-refractivity contribution in [1.29, 1.82) is 0 Å². The number of allylic oxidation sites excluding steroid dienone is 1. The number of rotatable bonds is 7. The van der Waals surface area contributed by atoms with Crippen LogP contribution in [0.25, 0.3) is 0 Å². The number of nitrogens with two attached hydrogens (primary N) is 1. The van der Waals surface area contributed by atoms with Gasteiger partial charge in [0.2, 0.25) is 5.91 Å². The summed E-state index contributed by atoms with van der Waals surface area (Å²) < 4.78 is 4.79. The van der Waals surface area contributed by atoms with Crippen LogP contribution in [0.3, 0.4) is 0 Å². The van der Waals surface area contributed by atoms with Crippen molar-refractivity contribution < 1.29 is 29.0 Å². The Bertz CT molecular complexity index is 958. The number of nitrogen functional groups attached to an aromatic ring is 1. The van der Waals surface area contributed by atoms with Gasteiger partial charge in [-0.25, -0.2) is 9.59 Å². The van der Waals surface area contributed by atoms with Gasteiger partial charge in [0.1, 0.15) is 17.1 Å². The number of benzene rings is 1. The van der Waals surface area contributed by atoms with Gasteiger partial charge in [-0.15, -0.1) is 11.8 Å². The number of hydrogen-bond acceptors (Lipinski definition) is 7. The first-order valence-electron chi connectivity index (χ1n) is 9.22. The average molecular weight is 431 g/mol. The van der Waals surface area contributed by atoms with E-state index >= 15 is 0 Å². The van der Waals surface area contributed by atoms with Crippen molar-refractivity contribution in [3.63, 3.8) is 0 Å². The molecule has 2 heterocycles. The Morgan fingerprint density at radius 3 is 2.77 bits per heavy atom. The molecule has 1 saturated heterocycles. The van der Waals surface area contributed by atoms with E-state index in [2.05, 4.69) is 5.32 Å². The third-order valence-corrected chi connectivity index (χ3v) is 5.93. The largest absolute Gasteiger partial charge is 0.477 e. The Kier molecular flexibility index (Phi) is 6.46. The van der Waals surface area contributed by atoms with Gasteiger partial charge in [0.15, 0.2) is 0 Å². The van der Waals surface area contributed by atoms with Crippen LogP contribution in [-0.2, 0) is 30.3 Å². The monoisotopic (exact) mass is 431 g/mol. The van der Waals surface area contributed by atoms with Crippen LogP contribution in [0, 0.1) is 0 Å². The molecule has 4 N–H and O–H groups in total. The van der Waals surface area contributed by atoms with Gasteiger partial charge in [0.05, 0.1) is 13.0 Å². The van der Waals surface area contributed by atoms with E-state index in [1.807, 2.05) is 0 Å². The summed E-state index contributed by atoms with van der Waals surface area (Å²) in [6.45, 7) is 1.86. The zero-order valence-corrected chi connectivity index (χ0v) is 17.0. The summed E-state index contributed by atoms with van der Waals surface area (Å²) in [7, 11) is 0. The number of amides is 2. The van der Waals surface area contributed by atoms with Crippen LogP contribution in [0.2, 0.25) is 0 Å². The van der Waals surface area contributed by atoms with E-state index in [0.717, 1.165) is 11.0 Å². The molecule has 2 atom stereocenters. The minimum absolute atomic E-state index is 0.0169. The third-order valence-electron chi connectivity index (χ3n) is 4.63. The van der Waals surface area contributed by atoms with Crippen molar-refractivity contribution in [3.05, 3.63) is 53.3 Å². The number of carbonyl (C=O) groups excluding carboxylic acids is 3. The summed E-state index contributed by atoms with van der Waals surface area (Å²) in [5, 5.41) is 11.7. The van der Waals surface area contributed by atoms with Crippen molar-refractivity contribution in [3.8, 4) is 0 Å². The highest BCUT2D eigenvalue weighted by Gasteiger charge is 2.53. The third kappa shape index (κ3) is 4.33. The highest BCUT2D eigenvalue weighted by Crippen LogP contribution is 2.40. The normalized spacial score (nSPS) is 20.6. The van der Waals surface area contributed by atoms with Crippen LogP contribution < -0.4 is 11.1 Å². The standard InChI is InChI=1S/C20H21N3O6S/c1-2-29-15(25)8-7-12-10-30-19-16(18(26)23(19)17(12)20(27)28)22-14(24)9-11-5-3-4-6-13(11)21/h3-8,16,19H,2,9-10,21H2,1H3,(H,22,24)(H,27,28)/b8-7+/t16-,19-/m1/s1. The molecule has 10 heteroatoms. The van der Waals surface area contributed by atoms with Crippen molar-refractivity contribution in [2.24, 2.45) is 0 Å². The summed E-state index contributed by atoms with van der Waals surface area (Å²) >= 11 is 1.31. The van der Waals surface area contributed by atoms with Crippen molar-refractivity contribution in [2.45, 2.75) is 24.8 Å². The fraction of sp³-hybridized carbons (Fsp3) is 0.300. The lowest BCUT2D eigenvalue weighted by molar-refractivity contribution is -0.150. The number of aliphatic carboxylic acids is 1. The number of nitrogens with zero attached hydrogens (tertiary/aromatic N) is 1. The zero-order chi connectivity index (χ0) is 21.8. The molecule has 1 aromatic carbocycles. The highest BCUT2D eigenvalue weighted by atomic mass is 32.2. The van der Waals surface area contributed by atoms with E-state index in [1.165, 1.54) is 17.8 Å². The summed E-state index contributed by atoms with van der Waals surface area (Å²) in [6, 6.07) is 6.12. The Hall–Kier alpha value is -3.27. The molecular formula is C20H21N3O6S. The van der Waals surface area contributed by atoms with Crippen LogP contribution in [0.15, 0.2) is 47.7 Å². The molecule has 0 aromatic heterocycles. The second kappa shape index (κ2) is 9.04. The molecule has 30 heavy (non-hydrogen) atoms. The average Bonchev–Trinajstić information content (AvgIpc) is 2.71. The van der Waals surface area contributed by atoms with Crippen LogP contribution in [0.5, 0.6) is 0 Å². The smallest absolute Gasteiger partial charge is 0.352 e. The molecule has 2 aliphatic heterocycles. The quantitative estimate of drug-likeness (QED) is 0.248. The van der Waals surface area contributed by atoms with Gasteiger partial charge in [-0.3, -0.25) is 14.5 Å². The number of anilines is 1. The number of carbonyl (C=O) groups is 4. The Morgan fingerprint density at radius 2 is 2.10 bits per heavy atom. The molecule has 1 aromatic rings. The maximum absolute atomic E-state index is 12.6. The van der Waals surface area contributed by atoms with E-state index in [9.17, 15) is 24.3 Å². The maximum atomic E-state index is 12.6. The summed E-state index contributed by atoms with van der Waals surface area (Å²) in [6.07, 6.45) is 2.50.